The van der Waals surface area contributed by atoms with E-state index >= 15 is 0 Å². The van der Waals surface area contributed by atoms with Crippen LogP contribution in [-0.4, -0.2) is 17.6 Å². The van der Waals surface area contributed by atoms with Crippen LogP contribution in [0.5, 0.6) is 0 Å². The van der Waals surface area contributed by atoms with Crippen LogP contribution in [0.25, 0.3) is 0 Å². The summed E-state index contributed by atoms with van der Waals surface area (Å²) in [6, 6.07) is 14.1. The third kappa shape index (κ3) is 3.80. The highest BCUT2D eigenvalue weighted by molar-refractivity contribution is 5.91. The molecule has 0 aliphatic heterocycles. The lowest BCUT2D eigenvalue weighted by Gasteiger charge is -2.21. The van der Waals surface area contributed by atoms with Gasteiger partial charge in [-0.3, -0.25) is 4.79 Å². The summed E-state index contributed by atoms with van der Waals surface area (Å²) in [4.78, 5) is 12.7. The number of aliphatic hydroxyl groups is 1. The highest BCUT2D eigenvalue weighted by Gasteiger charge is 2.51. The SMILES string of the molecule is CC(C)(C)c1ccc(C2(C(=O)NCC(O)c3cccc(F)c3)CC2)cc1. The van der Waals surface area contributed by atoms with Gasteiger partial charge in [-0.1, -0.05) is 57.2 Å². The first-order chi connectivity index (χ1) is 12.2. The lowest BCUT2D eigenvalue weighted by molar-refractivity contribution is -0.124. The van der Waals surface area contributed by atoms with Crippen molar-refractivity contribution >= 4 is 5.91 Å². The number of benzene rings is 2. The molecule has 138 valence electrons. The van der Waals surface area contributed by atoms with Crippen molar-refractivity contribution in [2.24, 2.45) is 0 Å². The summed E-state index contributed by atoms with van der Waals surface area (Å²) < 4.78 is 13.3. The molecule has 3 nitrogen and oxygen atoms in total. The number of carbonyl (C=O) groups excluding carboxylic acids is 1. The normalized spacial score (nSPS) is 16.8. The molecule has 0 saturated heterocycles. The Hall–Kier alpha value is -2.20. The van der Waals surface area contributed by atoms with Gasteiger partial charge in [-0.05, 0) is 47.1 Å². The molecule has 0 spiro atoms. The maximum absolute atomic E-state index is 13.3. The van der Waals surface area contributed by atoms with E-state index in [2.05, 4.69) is 38.2 Å². The quantitative estimate of drug-likeness (QED) is 0.851. The second-order valence-electron chi connectivity index (χ2n) is 8.19. The van der Waals surface area contributed by atoms with E-state index in [1.807, 2.05) is 12.1 Å². The number of hydrogen-bond acceptors (Lipinski definition) is 2. The summed E-state index contributed by atoms with van der Waals surface area (Å²) in [5, 5.41) is 13.0. The van der Waals surface area contributed by atoms with Gasteiger partial charge in [-0.15, -0.1) is 0 Å². The van der Waals surface area contributed by atoms with Crippen LogP contribution < -0.4 is 5.32 Å². The first-order valence-corrected chi connectivity index (χ1v) is 9.05. The van der Waals surface area contributed by atoms with Gasteiger partial charge >= 0.3 is 0 Å². The average molecular weight is 355 g/mol. The Morgan fingerprint density at radius 1 is 1.19 bits per heavy atom. The Morgan fingerprint density at radius 2 is 1.85 bits per heavy atom. The molecule has 0 heterocycles. The van der Waals surface area contributed by atoms with Gasteiger partial charge in [-0.25, -0.2) is 4.39 Å². The Bertz CT molecular complexity index is 789. The molecule has 0 bridgehead atoms. The molecule has 4 heteroatoms. The monoisotopic (exact) mass is 355 g/mol. The maximum Gasteiger partial charge on any atom is 0.230 e. The van der Waals surface area contributed by atoms with E-state index in [1.165, 1.54) is 17.7 Å². The van der Waals surface area contributed by atoms with Crippen molar-refractivity contribution in [1.29, 1.82) is 0 Å². The molecule has 1 amide bonds. The lowest BCUT2D eigenvalue weighted by Crippen LogP contribution is -2.37. The molecule has 0 aromatic heterocycles. The van der Waals surface area contributed by atoms with Gasteiger partial charge in [0.2, 0.25) is 5.91 Å². The largest absolute Gasteiger partial charge is 0.387 e. The van der Waals surface area contributed by atoms with Crippen LogP contribution in [0.1, 0.15) is 56.4 Å². The van der Waals surface area contributed by atoms with Crippen LogP contribution in [0.4, 0.5) is 4.39 Å². The fourth-order valence-electron chi connectivity index (χ4n) is 3.25. The second kappa shape index (κ2) is 6.84. The Balaban J connectivity index is 1.66. The Morgan fingerprint density at radius 3 is 2.38 bits per heavy atom. The number of hydrogen-bond donors (Lipinski definition) is 2. The summed E-state index contributed by atoms with van der Waals surface area (Å²) in [7, 11) is 0. The molecule has 1 saturated carbocycles. The van der Waals surface area contributed by atoms with Crippen LogP contribution in [0.2, 0.25) is 0 Å². The summed E-state index contributed by atoms with van der Waals surface area (Å²) in [6.45, 7) is 6.56. The minimum absolute atomic E-state index is 0.0727. The third-order valence-corrected chi connectivity index (χ3v) is 5.18. The second-order valence-corrected chi connectivity index (χ2v) is 8.19. The molecule has 3 rings (SSSR count). The van der Waals surface area contributed by atoms with Crippen LogP contribution >= 0.6 is 0 Å². The van der Waals surface area contributed by atoms with E-state index in [4.69, 9.17) is 0 Å². The molecular formula is C22H26FNO2. The summed E-state index contributed by atoms with van der Waals surface area (Å²) >= 11 is 0. The van der Waals surface area contributed by atoms with Gasteiger partial charge in [0.1, 0.15) is 5.82 Å². The molecule has 0 radical (unpaired) electrons. The van der Waals surface area contributed by atoms with Crippen molar-refractivity contribution < 1.29 is 14.3 Å². The molecule has 1 fully saturated rings. The van der Waals surface area contributed by atoms with Crippen molar-refractivity contribution in [3.8, 4) is 0 Å². The summed E-state index contributed by atoms with van der Waals surface area (Å²) in [6.07, 6.45) is 0.696. The molecule has 2 aromatic rings. The summed E-state index contributed by atoms with van der Waals surface area (Å²) in [5.74, 6) is -0.470. The minimum atomic E-state index is -0.922. The Labute approximate surface area is 154 Å². The zero-order chi connectivity index (χ0) is 18.9. The standard InChI is InChI=1S/C22H26FNO2/c1-21(2,3)16-7-9-17(10-8-16)22(11-12-22)20(26)24-14-19(25)15-5-4-6-18(23)13-15/h4-10,13,19,25H,11-12,14H2,1-3H3,(H,24,26). The van der Waals surface area contributed by atoms with E-state index in [0.717, 1.165) is 18.4 Å². The number of halogens is 1. The van der Waals surface area contributed by atoms with E-state index < -0.39 is 17.3 Å². The van der Waals surface area contributed by atoms with Gasteiger partial charge in [0.05, 0.1) is 11.5 Å². The molecule has 1 aliphatic carbocycles. The van der Waals surface area contributed by atoms with Crippen molar-refractivity contribution in [2.45, 2.75) is 50.5 Å². The van der Waals surface area contributed by atoms with Gasteiger partial charge in [0, 0.05) is 6.54 Å². The lowest BCUT2D eigenvalue weighted by atomic mass is 9.85. The number of amides is 1. The number of rotatable bonds is 5. The van der Waals surface area contributed by atoms with E-state index in [0.29, 0.717) is 5.56 Å². The van der Waals surface area contributed by atoms with Gasteiger partial charge in [0.25, 0.3) is 0 Å². The predicted molar refractivity (Wildman–Crippen MR) is 100 cm³/mol. The van der Waals surface area contributed by atoms with E-state index in [-0.39, 0.29) is 17.9 Å². The van der Waals surface area contributed by atoms with Crippen LogP contribution in [-0.2, 0) is 15.6 Å². The molecule has 1 aliphatic rings. The zero-order valence-electron chi connectivity index (χ0n) is 15.6. The van der Waals surface area contributed by atoms with Crippen molar-refractivity contribution in [3.05, 3.63) is 71.0 Å². The number of nitrogens with one attached hydrogen (secondary N) is 1. The Kier molecular flexibility index (Phi) is 4.89. The first kappa shape index (κ1) is 18.6. The number of aliphatic hydroxyl groups excluding tert-OH is 1. The zero-order valence-corrected chi connectivity index (χ0v) is 15.6. The van der Waals surface area contributed by atoms with Gasteiger partial charge < -0.3 is 10.4 Å². The van der Waals surface area contributed by atoms with E-state index in [1.54, 1.807) is 12.1 Å². The fraction of sp³-hybridized carbons (Fsp3) is 0.409. The van der Waals surface area contributed by atoms with Crippen LogP contribution in [0.15, 0.2) is 48.5 Å². The summed E-state index contributed by atoms with van der Waals surface area (Å²) in [5.41, 5.74) is 2.30. The molecule has 26 heavy (non-hydrogen) atoms. The fourth-order valence-corrected chi connectivity index (χ4v) is 3.25. The van der Waals surface area contributed by atoms with E-state index in [9.17, 15) is 14.3 Å². The van der Waals surface area contributed by atoms with Crippen molar-refractivity contribution in [1.82, 2.24) is 5.32 Å². The van der Waals surface area contributed by atoms with Crippen LogP contribution in [0, 0.1) is 5.82 Å². The van der Waals surface area contributed by atoms with Crippen LogP contribution in [0.3, 0.4) is 0 Å². The van der Waals surface area contributed by atoms with Crippen molar-refractivity contribution in [3.63, 3.8) is 0 Å². The molecule has 1 unspecified atom stereocenters. The third-order valence-electron chi connectivity index (χ3n) is 5.18. The minimum Gasteiger partial charge on any atom is -0.387 e. The molecule has 1 atom stereocenters. The molecule has 2 N–H and O–H groups in total. The first-order valence-electron chi connectivity index (χ1n) is 9.05. The number of carbonyl (C=O) groups is 1. The average Bonchev–Trinajstić information content (AvgIpc) is 3.40. The van der Waals surface area contributed by atoms with Crippen molar-refractivity contribution in [2.75, 3.05) is 6.54 Å². The van der Waals surface area contributed by atoms with Gasteiger partial charge in [-0.2, -0.15) is 0 Å². The smallest absolute Gasteiger partial charge is 0.230 e. The highest BCUT2D eigenvalue weighted by atomic mass is 19.1. The molecular weight excluding hydrogens is 329 g/mol. The predicted octanol–water partition coefficient (Wildman–Crippen LogP) is 4.00. The highest BCUT2D eigenvalue weighted by Crippen LogP contribution is 2.48. The molecule has 2 aromatic carbocycles. The maximum atomic E-state index is 13.3. The topological polar surface area (TPSA) is 49.3 Å². The van der Waals surface area contributed by atoms with Gasteiger partial charge in [0.15, 0.2) is 0 Å².